The lowest BCUT2D eigenvalue weighted by Crippen LogP contribution is -2.36. The number of aromatic nitrogens is 2. The molecular weight excluding hydrogens is 246 g/mol. The van der Waals surface area contributed by atoms with Crippen molar-refractivity contribution in [1.82, 2.24) is 9.97 Å². The highest BCUT2D eigenvalue weighted by atomic mass is 32.2. The Balaban J connectivity index is 2.05. The molecule has 2 rings (SSSR count). The van der Waals surface area contributed by atoms with Gasteiger partial charge in [0.05, 0.1) is 16.6 Å². The molecular formula is C13H19N3OS. The summed E-state index contributed by atoms with van der Waals surface area (Å²) in [5, 5.41) is 11.1. The summed E-state index contributed by atoms with van der Waals surface area (Å²) in [4.78, 5) is 7.77. The molecule has 0 amide bonds. The number of nitrogens with two attached hydrogens (primary N) is 1. The van der Waals surface area contributed by atoms with Gasteiger partial charge < -0.3 is 15.8 Å². The Kier molecular flexibility index (Phi) is 3.94. The lowest BCUT2D eigenvalue weighted by molar-refractivity contribution is 0.0608. The van der Waals surface area contributed by atoms with Crippen LogP contribution >= 0.6 is 11.8 Å². The third-order valence-corrected chi connectivity index (χ3v) is 3.83. The summed E-state index contributed by atoms with van der Waals surface area (Å²) in [5.41, 5.74) is 6.73. The molecule has 4 N–H and O–H groups in total. The predicted molar refractivity (Wildman–Crippen MR) is 75.7 cm³/mol. The number of rotatable bonds is 5. The van der Waals surface area contributed by atoms with Gasteiger partial charge in [-0.05, 0) is 25.5 Å². The monoisotopic (exact) mass is 265 g/mol. The minimum Gasteiger partial charge on any atom is -0.389 e. The highest BCUT2D eigenvalue weighted by Crippen LogP contribution is 2.27. The van der Waals surface area contributed by atoms with Crippen molar-refractivity contribution < 1.29 is 5.11 Å². The molecule has 0 fully saturated rings. The highest BCUT2D eigenvalue weighted by molar-refractivity contribution is 7.99. The van der Waals surface area contributed by atoms with Crippen LogP contribution in [0.3, 0.4) is 0 Å². The molecule has 0 saturated carbocycles. The Labute approximate surface area is 111 Å². The van der Waals surface area contributed by atoms with E-state index in [1.54, 1.807) is 18.7 Å². The summed E-state index contributed by atoms with van der Waals surface area (Å²) in [6.45, 7) is 4.11. The van der Waals surface area contributed by atoms with Crippen LogP contribution in [0.2, 0.25) is 0 Å². The van der Waals surface area contributed by atoms with Crippen LogP contribution in [0.5, 0.6) is 0 Å². The summed E-state index contributed by atoms with van der Waals surface area (Å²) >= 11 is 1.63. The van der Waals surface area contributed by atoms with E-state index in [1.165, 1.54) is 0 Å². The molecule has 0 radical (unpaired) electrons. The molecule has 0 bridgehead atoms. The van der Waals surface area contributed by atoms with Crippen LogP contribution in [0.4, 0.5) is 0 Å². The van der Waals surface area contributed by atoms with Crippen LogP contribution in [-0.4, -0.2) is 32.5 Å². The van der Waals surface area contributed by atoms with Gasteiger partial charge in [0.1, 0.15) is 0 Å². The summed E-state index contributed by atoms with van der Waals surface area (Å²) < 4.78 is 0. The minimum absolute atomic E-state index is 0.254. The van der Waals surface area contributed by atoms with Gasteiger partial charge in [-0.2, -0.15) is 0 Å². The Morgan fingerprint density at radius 2 is 2.22 bits per heavy atom. The van der Waals surface area contributed by atoms with Crippen molar-refractivity contribution in [3.63, 3.8) is 0 Å². The topological polar surface area (TPSA) is 74.9 Å². The first-order chi connectivity index (χ1) is 8.50. The molecule has 1 heterocycles. The van der Waals surface area contributed by atoms with Gasteiger partial charge >= 0.3 is 0 Å². The number of nitrogens with one attached hydrogen (secondary N) is 1. The number of imidazole rings is 1. The van der Waals surface area contributed by atoms with E-state index in [-0.39, 0.29) is 11.8 Å². The van der Waals surface area contributed by atoms with Gasteiger partial charge in [0, 0.05) is 11.8 Å². The number of H-pyrrole nitrogens is 1. The molecule has 2 unspecified atom stereocenters. The van der Waals surface area contributed by atoms with E-state index in [0.717, 1.165) is 16.2 Å². The summed E-state index contributed by atoms with van der Waals surface area (Å²) in [6, 6.07) is 7.95. The van der Waals surface area contributed by atoms with Crippen molar-refractivity contribution in [3.05, 3.63) is 24.3 Å². The fraction of sp³-hybridized carbons (Fsp3) is 0.462. The molecule has 5 heteroatoms. The average Bonchev–Trinajstić information content (AvgIpc) is 2.70. The van der Waals surface area contributed by atoms with Gasteiger partial charge in [-0.3, -0.25) is 0 Å². The molecule has 0 aliphatic carbocycles. The second-order valence-corrected chi connectivity index (χ2v) is 6.32. The van der Waals surface area contributed by atoms with E-state index in [4.69, 9.17) is 5.73 Å². The van der Waals surface area contributed by atoms with E-state index in [0.29, 0.717) is 6.42 Å². The molecule has 98 valence electrons. The number of hydrogen-bond donors (Lipinski definition) is 3. The van der Waals surface area contributed by atoms with E-state index < -0.39 is 5.60 Å². The Hall–Kier alpha value is -1.04. The van der Waals surface area contributed by atoms with Crippen molar-refractivity contribution in [3.8, 4) is 0 Å². The molecule has 0 spiro atoms. The second-order valence-electron chi connectivity index (χ2n) is 4.89. The molecule has 1 aromatic heterocycles. The zero-order valence-electron chi connectivity index (χ0n) is 10.7. The number of thioether (sulfide) groups is 1. The van der Waals surface area contributed by atoms with Crippen molar-refractivity contribution in [2.45, 2.75) is 36.3 Å². The van der Waals surface area contributed by atoms with Gasteiger partial charge in [0.2, 0.25) is 0 Å². The van der Waals surface area contributed by atoms with Crippen LogP contribution < -0.4 is 5.73 Å². The normalized spacial score (nSPS) is 16.7. The first-order valence-corrected chi connectivity index (χ1v) is 6.92. The molecule has 0 saturated heterocycles. The van der Waals surface area contributed by atoms with Crippen molar-refractivity contribution >= 4 is 22.8 Å². The largest absolute Gasteiger partial charge is 0.389 e. The SMILES string of the molecule is CC(CC(C)(O)CN)Sc1nc2ccccc2[nH]1. The predicted octanol–water partition coefficient (Wildman–Crippen LogP) is 2.14. The Morgan fingerprint density at radius 3 is 2.89 bits per heavy atom. The van der Waals surface area contributed by atoms with Gasteiger partial charge in [-0.1, -0.05) is 30.8 Å². The number of nitrogens with zero attached hydrogens (tertiary/aromatic N) is 1. The third-order valence-electron chi connectivity index (χ3n) is 2.85. The molecule has 4 nitrogen and oxygen atoms in total. The fourth-order valence-corrected chi connectivity index (χ4v) is 3.06. The van der Waals surface area contributed by atoms with Crippen LogP contribution in [0.25, 0.3) is 11.0 Å². The summed E-state index contributed by atoms with van der Waals surface area (Å²) in [5.74, 6) is 0. The average molecular weight is 265 g/mol. The van der Waals surface area contributed by atoms with Gasteiger partial charge in [0.25, 0.3) is 0 Å². The van der Waals surface area contributed by atoms with Crippen LogP contribution in [0.15, 0.2) is 29.4 Å². The van der Waals surface area contributed by atoms with Crippen molar-refractivity contribution in [2.75, 3.05) is 6.54 Å². The highest BCUT2D eigenvalue weighted by Gasteiger charge is 2.22. The van der Waals surface area contributed by atoms with E-state index in [9.17, 15) is 5.11 Å². The first kappa shape index (κ1) is 13.4. The van der Waals surface area contributed by atoms with Crippen molar-refractivity contribution in [2.24, 2.45) is 5.73 Å². The number of aromatic amines is 1. The van der Waals surface area contributed by atoms with Crippen LogP contribution in [0.1, 0.15) is 20.3 Å². The maximum atomic E-state index is 9.94. The summed E-state index contributed by atoms with van der Waals surface area (Å²) in [6.07, 6.45) is 0.644. The molecule has 2 aromatic rings. The molecule has 0 aliphatic heterocycles. The Bertz CT molecular complexity index is 491. The van der Waals surface area contributed by atoms with E-state index in [1.807, 2.05) is 24.3 Å². The number of hydrogen-bond acceptors (Lipinski definition) is 4. The Morgan fingerprint density at radius 1 is 1.50 bits per heavy atom. The zero-order valence-corrected chi connectivity index (χ0v) is 11.5. The number of fused-ring (bicyclic) bond motifs is 1. The standard InChI is InChI=1S/C13H19N3OS/c1-9(7-13(2,17)8-14)18-12-15-10-5-3-4-6-11(10)16-12/h3-6,9,17H,7-8,14H2,1-2H3,(H,15,16). The number of para-hydroxylation sites is 2. The lowest BCUT2D eigenvalue weighted by atomic mass is 10.0. The van der Waals surface area contributed by atoms with E-state index >= 15 is 0 Å². The van der Waals surface area contributed by atoms with Gasteiger partial charge in [0.15, 0.2) is 5.16 Å². The lowest BCUT2D eigenvalue weighted by Gasteiger charge is -2.24. The van der Waals surface area contributed by atoms with E-state index in [2.05, 4.69) is 16.9 Å². The molecule has 2 atom stereocenters. The maximum Gasteiger partial charge on any atom is 0.166 e. The summed E-state index contributed by atoms with van der Waals surface area (Å²) in [7, 11) is 0. The second kappa shape index (κ2) is 5.30. The third kappa shape index (κ3) is 3.25. The van der Waals surface area contributed by atoms with Crippen molar-refractivity contribution in [1.29, 1.82) is 0 Å². The number of benzene rings is 1. The quantitative estimate of drug-likeness (QED) is 0.724. The smallest absolute Gasteiger partial charge is 0.166 e. The molecule has 0 aliphatic rings. The zero-order chi connectivity index (χ0) is 13.2. The minimum atomic E-state index is -0.807. The number of aliphatic hydroxyl groups is 1. The van der Waals surface area contributed by atoms with Gasteiger partial charge in [-0.25, -0.2) is 4.98 Å². The molecule has 1 aromatic carbocycles. The van der Waals surface area contributed by atoms with Crippen LogP contribution in [-0.2, 0) is 0 Å². The first-order valence-electron chi connectivity index (χ1n) is 6.04. The maximum absolute atomic E-state index is 9.94. The fourth-order valence-electron chi connectivity index (χ4n) is 1.92. The van der Waals surface area contributed by atoms with Crippen LogP contribution in [0, 0.1) is 0 Å². The molecule has 18 heavy (non-hydrogen) atoms. The van der Waals surface area contributed by atoms with Gasteiger partial charge in [-0.15, -0.1) is 0 Å².